The lowest BCUT2D eigenvalue weighted by atomic mass is 9.87. The lowest BCUT2D eigenvalue weighted by Gasteiger charge is -2.20. The van der Waals surface area contributed by atoms with Gasteiger partial charge in [-0.15, -0.1) is 0 Å². The average Bonchev–Trinajstić information content (AvgIpc) is 2.49. The molecule has 0 saturated heterocycles. The van der Waals surface area contributed by atoms with E-state index >= 15 is 0 Å². The summed E-state index contributed by atoms with van der Waals surface area (Å²) in [6.07, 6.45) is 7.48. The summed E-state index contributed by atoms with van der Waals surface area (Å²) in [6, 6.07) is 9.77. The van der Waals surface area contributed by atoms with Crippen LogP contribution < -0.4 is 0 Å². The minimum absolute atomic E-state index is 0.0607. The second kappa shape index (κ2) is 8.44. The summed E-state index contributed by atoms with van der Waals surface area (Å²) in [7, 11) is 0. The van der Waals surface area contributed by atoms with E-state index in [1.165, 1.54) is 0 Å². The third kappa shape index (κ3) is 6.18. The molecule has 0 saturated carbocycles. The minimum Gasteiger partial charge on any atom is -0.498 e. The van der Waals surface area contributed by atoms with Gasteiger partial charge in [-0.05, 0) is 42.5 Å². The van der Waals surface area contributed by atoms with Gasteiger partial charge in [0.1, 0.15) is 0 Å². The number of rotatable bonds is 7. The van der Waals surface area contributed by atoms with E-state index in [1.54, 1.807) is 0 Å². The van der Waals surface area contributed by atoms with E-state index in [1.807, 2.05) is 31.2 Å². The topological polar surface area (TPSA) is 33.0 Å². The Balaban J connectivity index is 2.74. The maximum atomic E-state index is 8.81. The van der Waals surface area contributed by atoms with Gasteiger partial charge in [0.15, 0.2) is 0 Å². The highest BCUT2D eigenvalue weighted by Crippen LogP contribution is 2.26. The van der Waals surface area contributed by atoms with Crippen LogP contribution in [-0.4, -0.2) is 6.61 Å². The van der Waals surface area contributed by atoms with Crippen LogP contribution in [0.15, 0.2) is 42.2 Å². The molecule has 118 valence electrons. The van der Waals surface area contributed by atoms with Crippen molar-refractivity contribution < 1.29 is 4.74 Å². The average molecular weight is 297 g/mol. The number of hydrogen-bond donors (Lipinski definition) is 0. The molecule has 1 aromatic rings. The number of allylic oxidation sites excluding steroid dienone is 3. The molecule has 0 N–H and O–H groups in total. The maximum Gasteiger partial charge on any atom is 0.0991 e. The van der Waals surface area contributed by atoms with Crippen LogP contribution in [0.3, 0.4) is 0 Å². The molecule has 2 heteroatoms. The van der Waals surface area contributed by atoms with Gasteiger partial charge >= 0.3 is 0 Å². The minimum atomic E-state index is 0.0607. The van der Waals surface area contributed by atoms with Crippen LogP contribution in [0.5, 0.6) is 0 Å². The standard InChI is InChI=1S/C20H27NO/c1-6-22-19(16(2)3)12-14-20(4,5)13-11-17-7-9-18(15-21)10-8-17/h7-13,16H,6,14H2,1-5H3/b13-11+,19-12-. The van der Waals surface area contributed by atoms with Crippen molar-refractivity contribution in [2.75, 3.05) is 6.61 Å². The predicted octanol–water partition coefficient (Wildman–Crippen LogP) is 5.56. The monoisotopic (exact) mass is 297 g/mol. The van der Waals surface area contributed by atoms with E-state index < -0.39 is 0 Å². The van der Waals surface area contributed by atoms with Crippen LogP contribution in [0, 0.1) is 22.7 Å². The molecular formula is C20H27NO. The van der Waals surface area contributed by atoms with Gasteiger partial charge < -0.3 is 4.74 Å². The van der Waals surface area contributed by atoms with E-state index in [-0.39, 0.29) is 5.41 Å². The molecule has 0 aliphatic rings. The number of nitriles is 1. The van der Waals surface area contributed by atoms with Crippen molar-refractivity contribution in [3.63, 3.8) is 0 Å². The first-order chi connectivity index (χ1) is 10.4. The smallest absolute Gasteiger partial charge is 0.0991 e. The summed E-state index contributed by atoms with van der Waals surface area (Å²) >= 11 is 0. The fourth-order valence-corrected chi connectivity index (χ4v) is 2.05. The molecule has 0 amide bonds. The first-order valence-electron chi connectivity index (χ1n) is 7.90. The number of ether oxygens (including phenoxy) is 1. The molecule has 0 aromatic heterocycles. The van der Waals surface area contributed by atoms with Gasteiger partial charge in [-0.25, -0.2) is 0 Å². The summed E-state index contributed by atoms with van der Waals surface area (Å²) in [5, 5.41) is 8.81. The van der Waals surface area contributed by atoms with Crippen LogP contribution in [0.25, 0.3) is 6.08 Å². The highest BCUT2D eigenvalue weighted by Gasteiger charge is 2.14. The van der Waals surface area contributed by atoms with E-state index in [2.05, 4.69) is 52.0 Å². The van der Waals surface area contributed by atoms with Crippen molar-refractivity contribution in [2.45, 2.75) is 41.0 Å². The maximum absolute atomic E-state index is 8.81. The van der Waals surface area contributed by atoms with Crippen LogP contribution in [0.1, 0.15) is 52.2 Å². The Morgan fingerprint density at radius 2 is 1.91 bits per heavy atom. The largest absolute Gasteiger partial charge is 0.498 e. The van der Waals surface area contributed by atoms with Gasteiger partial charge in [0.2, 0.25) is 0 Å². The van der Waals surface area contributed by atoms with Gasteiger partial charge in [0.05, 0.1) is 24.0 Å². The van der Waals surface area contributed by atoms with Gasteiger partial charge in [0, 0.05) is 5.92 Å². The molecule has 0 unspecified atom stereocenters. The van der Waals surface area contributed by atoms with E-state index in [9.17, 15) is 0 Å². The highest BCUT2D eigenvalue weighted by molar-refractivity contribution is 5.51. The Hall–Kier alpha value is -2.01. The molecule has 0 aliphatic heterocycles. The van der Waals surface area contributed by atoms with Crippen molar-refractivity contribution >= 4 is 6.08 Å². The van der Waals surface area contributed by atoms with Crippen molar-refractivity contribution in [1.82, 2.24) is 0 Å². The van der Waals surface area contributed by atoms with Crippen molar-refractivity contribution in [1.29, 1.82) is 5.26 Å². The van der Waals surface area contributed by atoms with Crippen molar-refractivity contribution in [3.05, 3.63) is 53.3 Å². The van der Waals surface area contributed by atoms with Crippen LogP contribution in [0.2, 0.25) is 0 Å². The van der Waals surface area contributed by atoms with E-state index in [0.717, 1.165) is 17.7 Å². The van der Waals surface area contributed by atoms with E-state index in [4.69, 9.17) is 10.00 Å². The molecule has 1 rings (SSSR count). The summed E-state index contributed by atoms with van der Waals surface area (Å²) in [4.78, 5) is 0. The van der Waals surface area contributed by atoms with Gasteiger partial charge in [0.25, 0.3) is 0 Å². The molecule has 0 bridgehead atoms. The summed E-state index contributed by atoms with van der Waals surface area (Å²) in [6.45, 7) is 11.5. The Labute approximate surface area is 135 Å². The number of hydrogen-bond acceptors (Lipinski definition) is 2. The van der Waals surface area contributed by atoms with Crippen molar-refractivity contribution in [3.8, 4) is 6.07 Å². The van der Waals surface area contributed by atoms with E-state index in [0.29, 0.717) is 18.1 Å². The fourth-order valence-electron chi connectivity index (χ4n) is 2.05. The molecule has 2 nitrogen and oxygen atoms in total. The lowest BCUT2D eigenvalue weighted by molar-refractivity contribution is 0.197. The molecule has 0 heterocycles. The summed E-state index contributed by atoms with van der Waals surface area (Å²) in [5.41, 5.74) is 1.87. The Morgan fingerprint density at radius 3 is 2.41 bits per heavy atom. The predicted molar refractivity (Wildman–Crippen MR) is 93.1 cm³/mol. The van der Waals surface area contributed by atoms with Crippen LogP contribution in [-0.2, 0) is 4.74 Å². The van der Waals surface area contributed by atoms with Gasteiger partial charge in [-0.3, -0.25) is 0 Å². The lowest BCUT2D eigenvalue weighted by Crippen LogP contribution is -2.08. The second-order valence-corrected chi connectivity index (χ2v) is 6.45. The summed E-state index contributed by atoms with van der Waals surface area (Å²) < 4.78 is 5.69. The summed E-state index contributed by atoms with van der Waals surface area (Å²) in [5.74, 6) is 1.49. The quantitative estimate of drug-likeness (QED) is 0.617. The fraction of sp³-hybridized carbons (Fsp3) is 0.450. The zero-order chi connectivity index (χ0) is 16.6. The molecule has 0 fully saturated rings. The first kappa shape index (κ1) is 18.0. The highest BCUT2D eigenvalue weighted by atomic mass is 16.5. The zero-order valence-electron chi connectivity index (χ0n) is 14.4. The normalized spacial score (nSPS) is 12.7. The third-order valence-corrected chi connectivity index (χ3v) is 3.48. The number of benzene rings is 1. The van der Waals surface area contributed by atoms with Crippen LogP contribution >= 0.6 is 0 Å². The second-order valence-electron chi connectivity index (χ2n) is 6.45. The van der Waals surface area contributed by atoms with Gasteiger partial charge in [-0.1, -0.05) is 52.0 Å². The SMILES string of the molecule is CCO/C(=C\CC(C)(C)/C=C/c1ccc(C#N)cc1)C(C)C. The molecular weight excluding hydrogens is 270 g/mol. The zero-order valence-corrected chi connectivity index (χ0v) is 14.4. The molecule has 1 aromatic carbocycles. The first-order valence-corrected chi connectivity index (χ1v) is 7.90. The Bertz CT molecular complexity index is 556. The molecule has 22 heavy (non-hydrogen) atoms. The van der Waals surface area contributed by atoms with Crippen molar-refractivity contribution in [2.24, 2.45) is 11.3 Å². The molecule has 0 atom stereocenters. The molecule has 0 radical (unpaired) electrons. The Kier molecular flexibility index (Phi) is 6.92. The molecule has 0 spiro atoms. The Morgan fingerprint density at radius 1 is 1.27 bits per heavy atom. The van der Waals surface area contributed by atoms with Gasteiger partial charge in [-0.2, -0.15) is 5.26 Å². The van der Waals surface area contributed by atoms with Crippen LogP contribution in [0.4, 0.5) is 0 Å². The molecule has 0 aliphatic carbocycles. The number of nitrogens with zero attached hydrogens (tertiary/aromatic N) is 1. The third-order valence-electron chi connectivity index (χ3n) is 3.48.